The van der Waals surface area contributed by atoms with Gasteiger partial charge in [0.25, 0.3) is 0 Å². The van der Waals surface area contributed by atoms with Gasteiger partial charge >= 0.3 is 0 Å². The zero-order valence-corrected chi connectivity index (χ0v) is 9.52. The number of carbonyl (C=O) groups is 1. The average molecular weight is 213 g/mol. The summed E-state index contributed by atoms with van der Waals surface area (Å²) in [5, 5.41) is 3.42. The molecule has 0 aliphatic rings. The molecule has 0 fully saturated rings. The summed E-state index contributed by atoms with van der Waals surface area (Å²) in [4.78, 5) is 18.7. The van der Waals surface area contributed by atoms with Crippen molar-refractivity contribution in [2.24, 2.45) is 0 Å². The number of nitrogens with one attached hydrogen (secondary N) is 1. The van der Waals surface area contributed by atoms with Gasteiger partial charge in [-0.05, 0) is 21.1 Å². The Hall–Kier alpha value is -0.780. The van der Waals surface area contributed by atoms with E-state index in [4.69, 9.17) is 0 Å². The van der Waals surface area contributed by atoms with E-state index in [0.717, 1.165) is 11.4 Å². The summed E-state index contributed by atoms with van der Waals surface area (Å²) in [5.41, 5.74) is 0. The third kappa shape index (κ3) is 3.17. The largest absolute Gasteiger partial charge is 0.313 e. The zero-order chi connectivity index (χ0) is 10.6. The first-order valence-corrected chi connectivity index (χ1v) is 5.22. The van der Waals surface area contributed by atoms with E-state index < -0.39 is 0 Å². The third-order valence-corrected chi connectivity index (χ3v) is 2.62. The van der Waals surface area contributed by atoms with Crippen LogP contribution in [0.4, 0.5) is 0 Å². The van der Waals surface area contributed by atoms with Crippen LogP contribution in [0.1, 0.15) is 14.7 Å². The lowest BCUT2D eigenvalue weighted by Gasteiger charge is -2.05. The van der Waals surface area contributed by atoms with Crippen molar-refractivity contribution < 1.29 is 4.79 Å². The summed E-state index contributed by atoms with van der Waals surface area (Å²) < 4.78 is 0. The van der Waals surface area contributed by atoms with Crippen molar-refractivity contribution in [1.82, 2.24) is 15.2 Å². The van der Waals surface area contributed by atoms with Gasteiger partial charge in [-0.15, -0.1) is 11.3 Å². The average Bonchev–Trinajstić information content (AvgIpc) is 2.52. The smallest absolute Gasteiger partial charge is 0.205 e. The Kier molecular flexibility index (Phi) is 4.19. The van der Waals surface area contributed by atoms with Gasteiger partial charge < -0.3 is 10.2 Å². The maximum Gasteiger partial charge on any atom is 0.205 e. The highest BCUT2D eigenvalue weighted by atomic mass is 32.1. The molecule has 0 unspecified atom stereocenters. The summed E-state index contributed by atoms with van der Waals surface area (Å²) in [6.07, 6.45) is 1.77. The maximum absolute atomic E-state index is 11.4. The molecule has 1 aromatic heterocycles. The van der Waals surface area contributed by atoms with E-state index in [1.165, 1.54) is 11.3 Å². The van der Waals surface area contributed by atoms with Gasteiger partial charge in [-0.2, -0.15) is 0 Å². The summed E-state index contributed by atoms with van der Waals surface area (Å²) >= 11 is 1.47. The molecule has 1 rings (SSSR count). The van der Waals surface area contributed by atoms with E-state index >= 15 is 0 Å². The van der Waals surface area contributed by atoms with Gasteiger partial charge in [0.2, 0.25) is 5.78 Å². The number of nitrogens with zero attached hydrogens (tertiary/aromatic N) is 2. The minimum Gasteiger partial charge on any atom is -0.313 e. The summed E-state index contributed by atoms with van der Waals surface area (Å²) in [6, 6.07) is 0. The van der Waals surface area contributed by atoms with Crippen LogP contribution in [0.15, 0.2) is 6.20 Å². The first-order valence-electron chi connectivity index (χ1n) is 4.40. The van der Waals surface area contributed by atoms with E-state index in [-0.39, 0.29) is 5.78 Å². The fourth-order valence-corrected chi connectivity index (χ4v) is 2.03. The number of carbonyl (C=O) groups excluding carboxylic acids is 1. The molecule has 0 radical (unpaired) electrons. The molecule has 0 bridgehead atoms. The first kappa shape index (κ1) is 11.3. The van der Waals surface area contributed by atoms with Gasteiger partial charge in [0.15, 0.2) is 5.01 Å². The van der Waals surface area contributed by atoms with E-state index in [2.05, 4.69) is 15.2 Å². The molecular formula is C9H15N3OS. The normalized spacial score (nSPS) is 10.9. The minimum absolute atomic E-state index is 0.0579. The molecule has 78 valence electrons. The molecule has 0 aromatic carbocycles. The first-order chi connectivity index (χ1) is 6.63. The van der Waals surface area contributed by atoms with Crippen molar-refractivity contribution in [3.05, 3.63) is 16.1 Å². The predicted octanol–water partition coefficient (Wildman–Crippen LogP) is 0.607. The van der Waals surface area contributed by atoms with Gasteiger partial charge in [0, 0.05) is 17.6 Å². The van der Waals surface area contributed by atoms with Crippen molar-refractivity contribution in [2.45, 2.75) is 6.54 Å². The van der Waals surface area contributed by atoms with E-state index in [0.29, 0.717) is 11.6 Å². The molecule has 14 heavy (non-hydrogen) atoms. The van der Waals surface area contributed by atoms with E-state index in [1.54, 1.807) is 13.2 Å². The van der Waals surface area contributed by atoms with E-state index in [9.17, 15) is 4.79 Å². The van der Waals surface area contributed by atoms with Crippen molar-refractivity contribution >= 4 is 17.1 Å². The number of rotatable bonds is 5. The monoisotopic (exact) mass is 213 g/mol. The van der Waals surface area contributed by atoms with Gasteiger partial charge in [0.05, 0.1) is 6.54 Å². The summed E-state index contributed by atoms with van der Waals surface area (Å²) in [6.45, 7) is 1.19. The van der Waals surface area contributed by atoms with Crippen LogP contribution >= 0.6 is 11.3 Å². The summed E-state index contributed by atoms with van der Waals surface area (Å²) in [5.74, 6) is 0.0579. The Morgan fingerprint density at radius 1 is 1.64 bits per heavy atom. The highest BCUT2D eigenvalue weighted by Crippen LogP contribution is 2.14. The van der Waals surface area contributed by atoms with Crippen LogP contribution in [-0.4, -0.2) is 43.4 Å². The molecule has 0 atom stereocenters. The molecule has 0 amide bonds. The lowest BCUT2D eigenvalue weighted by Crippen LogP contribution is -2.18. The van der Waals surface area contributed by atoms with Crippen LogP contribution in [0.5, 0.6) is 0 Å². The number of aromatic nitrogens is 1. The van der Waals surface area contributed by atoms with Gasteiger partial charge in [-0.3, -0.25) is 4.79 Å². The van der Waals surface area contributed by atoms with E-state index in [1.807, 2.05) is 14.1 Å². The molecule has 0 aliphatic carbocycles. The summed E-state index contributed by atoms with van der Waals surface area (Å²) in [7, 11) is 5.75. The Morgan fingerprint density at radius 3 is 2.93 bits per heavy atom. The maximum atomic E-state index is 11.4. The molecule has 1 N–H and O–H groups in total. The second-order valence-electron chi connectivity index (χ2n) is 3.32. The Bertz CT molecular complexity index is 309. The topological polar surface area (TPSA) is 45.2 Å². The molecule has 0 aliphatic heterocycles. The zero-order valence-electron chi connectivity index (χ0n) is 8.70. The number of thiazole rings is 1. The molecular weight excluding hydrogens is 198 g/mol. The molecule has 0 saturated heterocycles. The number of hydrogen-bond acceptors (Lipinski definition) is 5. The predicted molar refractivity (Wildman–Crippen MR) is 57.8 cm³/mol. The lowest BCUT2D eigenvalue weighted by molar-refractivity contribution is 0.0993. The van der Waals surface area contributed by atoms with Gasteiger partial charge in [-0.25, -0.2) is 4.98 Å². The van der Waals surface area contributed by atoms with Crippen molar-refractivity contribution in [3.8, 4) is 0 Å². The van der Waals surface area contributed by atoms with Crippen LogP contribution < -0.4 is 5.32 Å². The number of likely N-dealkylation sites (N-methyl/N-ethyl adjacent to an activating group) is 1. The molecule has 0 saturated carbocycles. The van der Waals surface area contributed by atoms with Crippen LogP contribution in [-0.2, 0) is 6.54 Å². The van der Waals surface area contributed by atoms with Crippen LogP contribution in [0, 0.1) is 0 Å². The van der Waals surface area contributed by atoms with Crippen molar-refractivity contribution in [2.75, 3.05) is 27.7 Å². The SMILES string of the molecule is CNCC(=O)c1ncc(CN(C)C)s1. The Morgan fingerprint density at radius 2 is 2.36 bits per heavy atom. The fourth-order valence-electron chi connectivity index (χ4n) is 1.06. The Balaban J connectivity index is 2.63. The molecule has 1 aromatic rings. The lowest BCUT2D eigenvalue weighted by atomic mass is 10.4. The molecule has 4 nitrogen and oxygen atoms in total. The number of ketones is 1. The standard InChI is InChI=1S/C9H15N3OS/c1-10-5-8(13)9-11-4-7(14-9)6-12(2)3/h4,10H,5-6H2,1-3H3. The third-order valence-electron chi connectivity index (χ3n) is 1.60. The highest BCUT2D eigenvalue weighted by molar-refractivity contribution is 7.13. The van der Waals surface area contributed by atoms with Crippen molar-refractivity contribution in [1.29, 1.82) is 0 Å². The highest BCUT2D eigenvalue weighted by Gasteiger charge is 2.10. The number of Topliss-reactive ketones (excluding diaryl/α,β-unsaturated/α-hetero) is 1. The van der Waals surface area contributed by atoms with Gasteiger partial charge in [0.1, 0.15) is 0 Å². The molecule has 5 heteroatoms. The number of hydrogen-bond donors (Lipinski definition) is 1. The van der Waals surface area contributed by atoms with Gasteiger partial charge in [-0.1, -0.05) is 0 Å². The minimum atomic E-state index is 0.0579. The van der Waals surface area contributed by atoms with Crippen molar-refractivity contribution in [3.63, 3.8) is 0 Å². The second kappa shape index (κ2) is 5.19. The van der Waals surface area contributed by atoms with Crippen LogP contribution in [0.3, 0.4) is 0 Å². The second-order valence-corrected chi connectivity index (χ2v) is 4.44. The fraction of sp³-hybridized carbons (Fsp3) is 0.556. The van der Waals surface area contributed by atoms with Crippen LogP contribution in [0.2, 0.25) is 0 Å². The molecule has 1 heterocycles. The quantitative estimate of drug-likeness (QED) is 0.728. The molecule has 0 spiro atoms. The van der Waals surface area contributed by atoms with Crippen LogP contribution in [0.25, 0.3) is 0 Å². The Labute approximate surface area is 88.0 Å².